The minimum atomic E-state index is -1.63. The van der Waals surface area contributed by atoms with Gasteiger partial charge in [0, 0.05) is 78.2 Å². The van der Waals surface area contributed by atoms with E-state index in [-0.39, 0.29) is 56.6 Å². The van der Waals surface area contributed by atoms with E-state index in [2.05, 4.69) is 25.6 Å². The SMILES string of the molecule is Cc1ncsc1-c1ccc(CNC(=O)[C@@H]2C[C@@H](O)CN2C(=O)C(NC(=O)COCc2ccc(COc3cc(F)c([C@@H]4c5[nH]c6ccccc6c5C[C@@H](C)N4CC(C)(C)F)c(F)c3)cn2)C(C)(C)C)cc1. The summed E-state index contributed by atoms with van der Waals surface area (Å²) in [5, 5.41) is 17.3. The average molecular weight is 980 g/mol. The molecule has 1 unspecified atom stereocenters. The summed E-state index contributed by atoms with van der Waals surface area (Å²) in [5.74, 6) is -3.10. The topological polar surface area (TPSA) is 162 Å². The number of likely N-dealkylation sites (tertiary alicyclic amines) is 1. The number of aromatic nitrogens is 3. The minimum Gasteiger partial charge on any atom is -0.489 e. The van der Waals surface area contributed by atoms with Crippen LogP contribution in [-0.4, -0.2) is 97.2 Å². The number of nitrogens with one attached hydrogen (secondary N) is 3. The molecular weight excluding hydrogens is 920 g/mol. The molecule has 13 nitrogen and oxygen atoms in total. The Labute approximate surface area is 409 Å². The number of aliphatic hydroxyl groups is 1. The van der Waals surface area contributed by atoms with E-state index in [1.54, 1.807) is 49.8 Å². The lowest BCUT2D eigenvalue weighted by molar-refractivity contribution is -0.144. The Kier molecular flexibility index (Phi) is 14.8. The number of carbonyl (C=O) groups excluding carboxylic acids is 3. The van der Waals surface area contributed by atoms with E-state index in [1.165, 1.54) is 24.9 Å². The number of aliphatic hydroxyl groups excluding tert-OH is 1. The van der Waals surface area contributed by atoms with Gasteiger partial charge in [-0.25, -0.2) is 18.2 Å². The van der Waals surface area contributed by atoms with Crippen molar-refractivity contribution in [3.63, 3.8) is 0 Å². The standard InChI is InChI=1S/C53H60F3N7O6S/c1-30-18-39-38-10-8-9-11-42(38)60-46(39)47(63(30)28-53(6,7)56)45-40(54)20-37(21-41(45)55)69-25-33-14-17-35(57-23-33)26-68-27-44(65)61-49(52(3,4)5)51(67)62-24-36(64)19-43(62)50(66)58-22-32-12-15-34(16-13-32)48-31(2)59-29-70-48/h8-17,20-21,23,29-30,36,43,47,49,60,64H,18-19,22,24-28H2,1-7H3,(H,58,66)(H,61,65)/t30-,36-,43+,47-,49?/m1/s1. The molecule has 2 aliphatic rings. The molecule has 5 atom stereocenters. The minimum absolute atomic E-state index is 0.0257. The molecule has 3 aromatic carbocycles. The van der Waals surface area contributed by atoms with Crippen LogP contribution in [0, 0.1) is 24.0 Å². The maximum absolute atomic E-state index is 16.2. The summed E-state index contributed by atoms with van der Waals surface area (Å²) >= 11 is 1.56. The first-order valence-electron chi connectivity index (χ1n) is 23.5. The molecule has 2 aliphatic heterocycles. The molecule has 0 spiro atoms. The zero-order valence-corrected chi connectivity index (χ0v) is 41.3. The number of pyridine rings is 1. The number of rotatable bonds is 16. The maximum Gasteiger partial charge on any atom is 0.246 e. The number of hydrogen-bond acceptors (Lipinski definition) is 10. The van der Waals surface area contributed by atoms with Crippen LogP contribution < -0.4 is 15.4 Å². The lowest BCUT2D eigenvalue weighted by Crippen LogP contribution is -2.58. The Morgan fingerprint density at radius 2 is 1.69 bits per heavy atom. The highest BCUT2D eigenvalue weighted by Gasteiger charge is 2.45. The van der Waals surface area contributed by atoms with Gasteiger partial charge in [0.1, 0.15) is 48.4 Å². The van der Waals surface area contributed by atoms with Gasteiger partial charge in [-0.3, -0.25) is 24.3 Å². The number of benzene rings is 3. The van der Waals surface area contributed by atoms with Gasteiger partial charge in [-0.15, -0.1) is 11.3 Å². The molecule has 70 heavy (non-hydrogen) atoms. The number of aromatic amines is 1. The third-order valence-corrected chi connectivity index (χ3v) is 13.9. The Morgan fingerprint density at radius 1 is 0.971 bits per heavy atom. The fourth-order valence-electron chi connectivity index (χ4n) is 9.43. The molecule has 1 fully saturated rings. The zero-order chi connectivity index (χ0) is 50.1. The molecule has 6 aromatic rings. The number of amides is 3. The number of β-amino-alcohol motifs (C(OH)–C–C–N with tert-alkyl or cyclic N) is 1. The van der Waals surface area contributed by atoms with Crippen molar-refractivity contribution in [1.29, 1.82) is 0 Å². The van der Waals surface area contributed by atoms with Crippen LogP contribution in [0.15, 0.2) is 84.5 Å². The summed E-state index contributed by atoms with van der Waals surface area (Å²) in [5.41, 5.74) is 5.62. The van der Waals surface area contributed by atoms with Crippen molar-refractivity contribution < 1.29 is 42.1 Å². The van der Waals surface area contributed by atoms with Crippen molar-refractivity contribution in [2.75, 3.05) is 19.7 Å². The van der Waals surface area contributed by atoms with Gasteiger partial charge in [-0.1, -0.05) is 69.3 Å². The highest BCUT2D eigenvalue weighted by Crippen LogP contribution is 2.44. The molecule has 3 amide bonds. The molecule has 0 aliphatic carbocycles. The fourth-order valence-corrected chi connectivity index (χ4v) is 10.2. The molecule has 0 saturated carbocycles. The van der Waals surface area contributed by atoms with E-state index in [0.717, 1.165) is 50.3 Å². The summed E-state index contributed by atoms with van der Waals surface area (Å²) in [6.45, 7) is 11.9. The predicted octanol–water partition coefficient (Wildman–Crippen LogP) is 8.26. The second-order valence-corrected chi connectivity index (χ2v) is 20.9. The number of aryl methyl sites for hydroxylation is 1. The Bertz CT molecular complexity index is 2820. The first kappa shape index (κ1) is 50.3. The largest absolute Gasteiger partial charge is 0.489 e. The lowest BCUT2D eigenvalue weighted by Gasteiger charge is -2.43. The predicted molar refractivity (Wildman–Crippen MR) is 261 cm³/mol. The highest BCUT2D eigenvalue weighted by atomic mass is 32.1. The monoisotopic (exact) mass is 979 g/mol. The first-order chi connectivity index (χ1) is 33.2. The average Bonchev–Trinajstić information content (AvgIpc) is 4.03. The second kappa shape index (κ2) is 20.7. The van der Waals surface area contributed by atoms with E-state index in [4.69, 9.17) is 9.47 Å². The molecule has 17 heteroatoms. The molecule has 370 valence electrons. The van der Waals surface area contributed by atoms with Crippen LogP contribution in [0.3, 0.4) is 0 Å². The number of fused-ring (bicyclic) bond motifs is 3. The van der Waals surface area contributed by atoms with E-state index in [0.29, 0.717) is 23.4 Å². The quantitative estimate of drug-likeness (QED) is 0.0749. The summed E-state index contributed by atoms with van der Waals surface area (Å²) in [4.78, 5) is 57.1. The Balaban J connectivity index is 0.840. The first-order valence-corrected chi connectivity index (χ1v) is 24.3. The lowest BCUT2D eigenvalue weighted by atomic mass is 9.85. The van der Waals surface area contributed by atoms with Gasteiger partial charge in [0.2, 0.25) is 17.7 Å². The number of halogens is 3. The van der Waals surface area contributed by atoms with Crippen molar-refractivity contribution in [1.82, 2.24) is 35.4 Å². The molecule has 0 radical (unpaired) electrons. The van der Waals surface area contributed by atoms with Crippen LogP contribution in [0.2, 0.25) is 0 Å². The van der Waals surface area contributed by atoms with Crippen LogP contribution in [0.5, 0.6) is 5.75 Å². The zero-order valence-electron chi connectivity index (χ0n) is 40.4. The van der Waals surface area contributed by atoms with Gasteiger partial charge in [0.05, 0.1) is 40.5 Å². The number of H-pyrrole nitrogens is 1. The van der Waals surface area contributed by atoms with Crippen molar-refractivity contribution in [2.45, 2.75) is 117 Å². The molecule has 0 bridgehead atoms. The summed E-state index contributed by atoms with van der Waals surface area (Å²) in [6, 6.07) is 18.1. The Morgan fingerprint density at radius 3 is 2.34 bits per heavy atom. The second-order valence-electron chi connectivity index (χ2n) is 20.1. The molecule has 8 rings (SSSR count). The van der Waals surface area contributed by atoms with Crippen molar-refractivity contribution in [3.05, 3.63) is 135 Å². The van der Waals surface area contributed by atoms with E-state index in [1.807, 2.05) is 67.3 Å². The molecular formula is C53H60F3N7O6S. The summed E-state index contributed by atoms with van der Waals surface area (Å²) in [6.07, 6.45) is 1.27. The van der Waals surface area contributed by atoms with Gasteiger partial charge >= 0.3 is 0 Å². The van der Waals surface area contributed by atoms with Gasteiger partial charge in [0.25, 0.3) is 0 Å². The van der Waals surface area contributed by atoms with E-state index in [9.17, 15) is 19.5 Å². The van der Waals surface area contributed by atoms with Crippen molar-refractivity contribution >= 4 is 40.0 Å². The third kappa shape index (κ3) is 11.4. The number of hydrogen-bond donors (Lipinski definition) is 4. The normalized spacial score (nSPS) is 19.0. The number of thiazole rings is 1. The van der Waals surface area contributed by atoms with Gasteiger partial charge in [0.15, 0.2) is 0 Å². The van der Waals surface area contributed by atoms with Gasteiger partial charge in [-0.2, -0.15) is 0 Å². The van der Waals surface area contributed by atoms with Crippen molar-refractivity contribution in [3.8, 4) is 16.2 Å². The van der Waals surface area contributed by atoms with E-state index < -0.39 is 71.3 Å². The van der Waals surface area contributed by atoms with Gasteiger partial charge < -0.3 is 35.1 Å². The number of nitrogens with zero attached hydrogens (tertiary/aromatic N) is 4. The molecule has 3 aromatic heterocycles. The van der Waals surface area contributed by atoms with Crippen molar-refractivity contribution in [2.24, 2.45) is 5.41 Å². The van der Waals surface area contributed by atoms with E-state index >= 15 is 13.2 Å². The molecule has 5 heterocycles. The fraction of sp³-hybridized carbons (Fsp3) is 0.415. The van der Waals surface area contributed by atoms with Crippen LogP contribution in [0.25, 0.3) is 21.3 Å². The maximum atomic E-state index is 16.2. The summed E-state index contributed by atoms with van der Waals surface area (Å²) < 4.78 is 59.1. The van der Waals surface area contributed by atoms with Crippen LogP contribution in [0.1, 0.15) is 93.3 Å². The van der Waals surface area contributed by atoms with Crippen LogP contribution in [-0.2, 0) is 45.3 Å². The molecule has 1 saturated heterocycles. The highest BCUT2D eigenvalue weighted by molar-refractivity contribution is 7.13. The summed E-state index contributed by atoms with van der Waals surface area (Å²) in [7, 11) is 0. The third-order valence-electron chi connectivity index (χ3n) is 12.9. The Hall–Kier alpha value is -6.14. The number of alkyl halides is 1. The van der Waals surface area contributed by atoms with Crippen LogP contribution >= 0.6 is 11.3 Å². The number of carbonyl (C=O) groups is 3. The van der Waals surface area contributed by atoms with Gasteiger partial charge in [-0.05, 0) is 68.4 Å². The van der Waals surface area contributed by atoms with Crippen LogP contribution in [0.4, 0.5) is 13.2 Å². The number of para-hydroxylation sites is 1. The molecule has 4 N–H and O–H groups in total. The number of ether oxygens (including phenoxy) is 2. The smallest absolute Gasteiger partial charge is 0.246 e.